The minimum atomic E-state index is -0.578. The van der Waals surface area contributed by atoms with Crippen molar-refractivity contribution in [2.75, 3.05) is 0 Å². The number of esters is 1. The normalized spacial score (nSPS) is 10.5. The number of carbonyl (C=O) groups is 1. The summed E-state index contributed by atoms with van der Waals surface area (Å²) in [5.41, 5.74) is 1.72. The highest BCUT2D eigenvalue weighted by molar-refractivity contribution is 5.83. The number of hydrogen-bond acceptors (Lipinski definition) is 5. The summed E-state index contributed by atoms with van der Waals surface area (Å²) >= 11 is 0. The molecule has 21 heavy (non-hydrogen) atoms. The summed E-state index contributed by atoms with van der Waals surface area (Å²) in [7, 11) is 0. The molecule has 1 heterocycles. The number of fused-ring (bicyclic) bond motifs is 1. The molecule has 0 aliphatic carbocycles. The van der Waals surface area contributed by atoms with Gasteiger partial charge in [-0.2, -0.15) is 0 Å². The van der Waals surface area contributed by atoms with Crippen LogP contribution in [0.2, 0.25) is 0 Å². The third-order valence-corrected chi connectivity index (χ3v) is 2.83. The second kappa shape index (κ2) is 5.09. The fraction of sp³-hybridized carbons (Fsp3) is 0. The topological polar surface area (TPSA) is 77.2 Å². The first-order valence-electron chi connectivity index (χ1n) is 6.17. The summed E-state index contributed by atoms with van der Waals surface area (Å²) in [5, 5.41) is 18.5. The van der Waals surface area contributed by atoms with E-state index in [0.717, 1.165) is 6.08 Å². The van der Waals surface area contributed by atoms with Crippen LogP contribution in [0.4, 0.5) is 0 Å². The second-order valence-electron chi connectivity index (χ2n) is 4.25. The zero-order chi connectivity index (χ0) is 14.8. The van der Waals surface area contributed by atoms with Gasteiger partial charge in [0.15, 0.2) is 0 Å². The van der Waals surface area contributed by atoms with E-state index >= 15 is 0 Å². The fourth-order valence-corrected chi connectivity index (χ4v) is 1.85. The van der Waals surface area contributed by atoms with Gasteiger partial charge in [0.2, 0.25) is 0 Å². The van der Waals surface area contributed by atoms with E-state index in [1.807, 2.05) is 24.3 Å². The fourth-order valence-electron chi connectivity index (χ4n) is 1.85. The van der Waals surface area contributed by atoms with E-state index in [1.165, 1.54) is 23.0 Å². The van der Waals surface area contributed by atoms with E-state index in [4.69, 9.17) is 4.74 Å². The Labute approximate surface area is 119 Å². The lowest BCUT2D eigenvalue weighted by Crippen LogP contribution is -2.05. The number of aromatic nitrogens is 3. The van der Waals surface area contributed by atoms with Crippen molar-refractivity contribution in [2.45, 2.75) is 0 Å². The van der Waals surface area contributed by atoms with E-state index in [2.05, 4.69) is 16.8 Å². The van der Waals surface area contributed by atoms with Gasteiger partial charge < -0.3 is 9.84 Å². The van der Waals surface area contributed by atoms with E-state index in [0.29, 0.717) is 16.7 Å². The van der Waals surface area contributed by atoms with Gasteiger partial charge in [-0.15, -0.1) is 15.0 Å². The number of benzene rings is 2. The molecule has 0 bridgehead atoms. The molecule has 1 aromatic heterocycles. The van der Waals surface area contributed by atoms with Gasteiger partial charge in [-0.1, -0.05) is 18.7 Å². The number of nitrogens with zero attached hydrogens (tertiary/aromatic N) is 3. The van der Waals surface area contributed by atoms with Crippen molar-refractivity contribution in [1.82, 2.24) is 15.0 Å². The Balaban J connectivity index is 2.06. The van der Waals surface area contributed by atoms with Crippen molar-refractivity contribution in [3.05, 3.63) is 55.1 Å². The van der Waals surface area contributed by atoms with Gasteiger partial charge >= 0.3 is 5.97 Å². The highest BCUT2D eigenvalue weighted by Crippen LogP contribution is 2.26. The van der Waals surface area contributed by atoms with Crippen LogP contribution in [0.1, 0.15) is 0 Å². The van der Waals surface area contributed by atoms with Gasteiger partial charge in [0.05, 0.1) is 0 Å². The molecule has 0 aliphatic rings. The predicted molar refractivity (Wildman–Crippen MR) is 76.4 cm³/mol. The molecule has 3 aromatic rings. The molecule has 0 aliphatic heterocycles. The average molecular weight is 281 g/mol. The Morgan fingerprint density at radius 1 is 1.19 bits per heavy atom. The van der Waals surface area contributed by atoms with Crippen molar-refractivity contribution in [2.24, 2.45) is 0 Å². The summed E-state index contributed by atoms with van der Waals surface area (Å²) < 4.78 is 5.02. The van der Waals surface area contributed by atoms with Crippen LogP contribution in [0.5, 0.6) is 11.5 Å². The molecule has 0 spiro atoms. The Morgan fingerprint density at radius 3 is 2.48 bits per heavy atom. The van der Waals surface area contributed by atoms with Crippen molar-refractivity contribution in [3.63, 3.8) is 0 Å². The lowest BCUT2D eigenvalue weighted by molar-refractivity contribution is -0.128. The molecule has 0 amide bonds. The van der Waals surface area contributed by atoms with Crippen LogP contribution in [-0.4, -0.2) is 26.1 Å². The van der Waals surface area contributed by atoms with E-state index < -0.39 is 5.97 Å². The summed E-state index contributed by atoms with van der Waals surface area (Å²) in [6.07, 6.45) is 1.06. The van der Waals surface area contributed by atoms with Crippen LogP contribution in [0.15, 0.2) is 55.1 Å². The van der Waals surface area contributed by atoms with Gasteiger partial charge in [0.1, 0.15) is 28.2 Å². The minimum Gasteiger partial charge on any atom is -0.506 e. The molecule has 0 saturated heterocycles. The lowest BCUT2D eigenvalue weighted by atomic mass is 10.3. The van der Waals surface area contributed by atoms with Crippen molar-refractivity contribution in [3.8, 4) is 17.2 Å². The maximum absolute atomic E-state index is 11.2. The first-order valence-corrected chi connectivity index (χ1v) is 6.17. The van der Waals surface area contributed by atoms with Crippen LogP contribution in [-0.2, 0) is 4.79 Å². The maximum Gasteiger partial charge on any atom is 0.335 e. The highest BCUT2D eigenvalue weighted by Gasteiger charge is 2.11. The zero-order valence-corrected chi connectivity index (χ0v) is 10.9. The smallest absolute Gasteiger partial charge is 0.335 e. The Bertz CT molecular complexity index is 806. The molecule has 0 radical (unpaired) electrons. The first-order chi connectivity index (χ1) is 10.2. The minimum absolute atomic E-state index is 0.0197. The van der Waals surface area contributed by atoms with Crippen LogP contribution >= 0.6 is 0 Å². The first kappa shape index (κ1) is 12.9. The summed E-state index contributed by atoms with van der Waals surface area (Å²) in [5.74, 6) is -0.326. The molecular formula is C15H11N3O3. The molecule has 2 aromatic carbocycles. The number of phenolic OH excluding ortho intramolecular Hbond substituents is 1. The third kappa shape index (κ3) is 2.46. The second-order valence-corrected chi connectivity index (χ2v) is 4.25. The molecule has 0 atom stereocenters. The van der Waals surface area contributed by atoms with E-state index in [1.54, 1.807) is 0 Å². The van der Waals surface area contributed by atoms with Crippen LogP contribution in [0, 0.1) is 0 Å². The van der Waals surface area contributed by atoms with Gasteiger partial charge in [0, 0.05) is 12.1 Å². The van der Waals surface area contributed by atoms with Crippen LogP contribution in [0.25, 0.3) is 16.7 Å². The van der Waals surface area contributed by atoms with Crippen molar-refractivity contribution in [1.29, 1.82) is 0 Å². The average Bonchev–Trinajstić information content (AvgIpc) is 2.92. The molecule has 0 fully saturated rings. The molecule has 6 nitrogen and oxygen atoms in total. The number of rotatable bonds is 3. The maximum atomic E-state index is 11.2. The van der Waals surface area contributed by atoms with Crippen LogP contribution < -0.4 is 4.74 Å². The van der Waals surface area contributed by atoms with Gasteiger partial charge in [-0.25, -0.2) is 4.79 Å². The zero-order valence-electron chi connectivity index (χ0n) is 10.9. The van der Waals surface area contributed by atoms with Crippen molar-refractivity contribution >= 4 is 17.0 Å². The Morgan fingerprint density at radius 2 is 1.86 bits per heavy atom. The molecule has 6 heteroatoms. The summed E-state index contributed by atoms with van der Waals surface area (Å²) in [6.45, 7) is 3.33. The highest BCUT2D eigenvalue weighted by atomic mass is 16.5. The molecule has 1 N–H and O–H groups in total. The van der Waals surface area contributed by atoms with E-state index in [9.17, 15) is 9.90 Å². The molecule has 0 unspecified atom stereocenters. The Hall–Kier alpha value is -3.15. The standard InChI is InChI=1S/C15H11N3O3/c1-2-15(20)21-10-7-8-14(19)13(9-10)18-16-11-5-3-4-6-12(11)17-18/h2-9,19H,1H2. The van der Waals surface area contributed by atoms with E-state index in [-0.39, 0.29) is 11.5 Å². The van der Waals surface area contributed by atoms with Gasteiger partial charge in [-0.05, 0) is 24.3 Å². The number of aromatic hydroxyl groups is 1. The lowest BCUT2D eigenvalue weighted by Gasteiger charge is -2.06. The summed E-state index contributed by atoms with van der Waals surface area (Å²) in [6, 6.07) is 11.7. The van der Waals surface area contributed by atoms with Gasteiger partial charge in [0.25, 0.3) is 0 Å². The largest absolute Gasteiger partial charge is 0.506 e. The monoisotopic (exact) mass is 281 g/mol. The number of ether oxygens (including phenoxy) is 1. The summed E-state index contributed by atoms with van der Waals surface area (Å²) in [4.78, 5) is 12.5. The van der Waals surface area contributed by atoms with Crippen molar-refractivity contribution < 1.29 is 14.6 Å². The molecule has 3 rings (SSSR count). The number of hydrogen-bond donors (Lipinski definition) is 1. The van der Waals surface area contributed by atoms with Gasteiger partial charge in [-0.3, -0.25) is 0 Å². The predicted octanol–water partition coefficient (Wildman–Crippen LogP) is 2.22. The SMILES string of the molecule is C=CC(=O)Oc1ccc(O)c(-n2nc3ccccc3n2)c1. The molecular weight excluding hydrogens is 270 g/mol. The number of phenols is 1. The quantitative estimate of drug-likeness (QED) is 0.452. The Kier molecular flexibility index (Phi) is 3.12. The number of carbonyl (C=O) groups excluding carboxylic acids is 1. The molecule has 0 saturated carbocycles. The van der Waals surface area contributed by atoms with Crippen LogP contribution in [0.3, 0.4) is 0 Å². The molecule has 104 valence electrons. The third-order valence-electron chi connectivity index (χ3n) is 2.83.